The highest BCUT2D eigenvalue weighted by molar-refractivity contribution is 5.19. The van der Waals surface area contributed by atoms with E-state index in [9.17, 15) is 0 Å². The van der Waals surface area contributed by atoms with Crippen LogP contribution in [0, 0.1) is 0 Å². The van der Waals surface area contributed by atoms with Crippen molar-refractivity contribution >= 4 is 0 Å². The van der Waals surface area contributed by atoms with Crippen LogP contribution in [0.25, 0.3) is 0 Å². The monoisotopic (exact) mass is 151 g/mol. The summed E-state index contributed by atoms with van der Waals surface area (Å²) < 4.78 is 0. The van der Waals surface area contributed by atoms with Crippen molar-refractivity contribution in [2.75, 3.05) is 6.54 Å². The highest BCUT2D eigenvalue weighted by atomic mass is 14.7. The fourth-order valence-corrected chi connectivity index (χ4v) is 1.04. The largest absolute Gasteiger partial charge is 0.330 e. The summed E-state index contributed by atoms with van der Waals surface area (Å²) >= 11 is 0. The van der Waals surface area contributed by atoms with Gasteiger partial charge in [-0.05, 0) is 24.6 Å². The lowest BCUT2D eigenvalue weighted by Crippen LogP contribution is -2.09. The second kappa shape index (κ2) is 4.05. The standard InChI is InChI=1S/C8H13N3/c9-4-3-7-2-1-5-11-8(7)6-10/h1-2,5H,3-4,6,9-10H2. The molecule has 4 N–H and O–H groups in total. The molecule has 0 spiro atoms. The van der Waals surface area contributed by atoms with E-state index in [1.807, 2.05) is 12.1 Å². The van der Waals surface area contributed by atoms with Crippen molar-refractivity contribution in [2.45, 2.75) is 13.0 Å². The zero-order chi connectivity index (χ0) is 8.10. The van der Waals surface area contributed by atoms with Crippen LogP contribution < -0.4 is 11.5 Å². The van der Waals surface area contributed by atoms with Gasteiger partial charge < -0.3 is 11.5 Å². The Morgan fingerprint density at radius 3 is 2.82 bits per heavy atom. The van der Waals surface area contributed by atoms with Gasteiger partial charge in [-0.15, -0.1) is 0 Å². The van der Waals surface area contributed by atoms with Crippen molar-refractivity contribution in [3.8, 4) is 0 Å². The van der Waals surface area contributed by atoms with Gasteiger partial charge in [0.15, 0.2) is 0 Å². The summed E-state index contributed by atoms with van der Waals surface area (Å²) in [5.41, 5.74) is 13.0. The predicted octanol–water partition coefficient (Wildman–Crippen LogP) is 0.0415. The van der Waals surface area contributed by atoms with E-state index in [2.05, 4.69) is 4.98 Å². The third-order valence-corrected chi connectivity index (χ3v) is 1.59. The molecule has 0 aliphatic carbocycles. The second-order valence-electron chi connectivity index (χ2n) is 2.35. The van der Waals surface area contributed by atoms with Gasteiger partial charge in [-0.3, -0.25) is 4.98 Å². The molecule has 0 fully saturated rings. The van der Waals surface area contributed by atoms with Gasteiger partial charge in [-0.2, -0.15) is 0 Å². The first-order valence-corrected chi connectivity index (χ1v) is 3.71. The summed E-state index contributed by atoms with van der Waals surface area (Å²) in [4.78, 5) is 4.14. The average molecular weight is 151 g/mol. The van der Waals surface area contributed by atoms with Crippen LogP contribution in [0.4, 0.5) is 0 Å². The average Bonchev–Trinajstić information content (AvgIpc) is 2.06. The van der Waals surface area contributed by atoms with Crippen molar-refractivity contribution in [3.05, 3.63) is 29.6 Å². The van der Waals surface area contributed by atoms with Crippen molar-refractivity contribution in [3.63, 3.8) is 0 Å². The van der Waals surface area contributed by atoms with E-state index in [0.717, 1.165) is 17.7 Å². The van der Waals surface area contributed by atoms with E-state index in [4.69, 9.17) is 11.5 Å². The van der Waals surface area contributed by atoms with Crippen LogP contribution in [0.2, 0.25) is 0 Å². The number of nitrogens with zero attached hydrogens (tertiary/aromatic N) is 1. The molecule has 0 saturated carbocycles. The Morgan fingerprint density at radius 1 is 1.36 bits per heavy atom. The highest BCUT2D eigenvalue weighted by Gasteiger charge is 1.98. The number of hydrogen-bond donors (Lipinski definition) is 2. The smallest absolute Gasteiger partial charge is 0.0571 e. The molecule has 1 rings (SSSR count). The maximum Gasteiger partial charge on any atom is 0.0571 e. The molecule has 0 aromatic carbocycles. The van der Waals surface area contributed by atoms with Gasteiger partial charge in [0.25, 0.3) is 0 Å². The molecule has 0 unspecified atom stereocenters. The van der Waals surface area contributed by atoms with Crippen LogP contribution >= 0.6 is 0 Å². The highest BCUT2D eigenvalue weighted by Crippen LogP contribution is 2.03. The van der Waals surface area contributed by atoms with E-state index in [1.54, 1.807) is 6.20 Å². The van der Waals surface area contributed by atoms with Crippen molar-refractivity contribution in [1.82, 2.24) is 4.98 Å². The van der Waals surface area contributed by atoms with Gasteiger partial charge >= 0.3 is 0 Å². The van der Waals surface area contributed by atoms with Crippen LogP contribution in [0.1, 0.15) is 11.3 Å². The van der Waals surface area contributed by atoms with E-state index in [-0.39, 0.29) is 0 Å². The van der Waals surface area contributed by atoms with Crippen molar-refractivity contribution < 1.29 is 0 Å². The number of nitrogens with two attached hydrogens (primary N) is 2. The van der Waals surface area contributed by atoms with Gasteiger partial charge in [0.1, 0.15) is 0 Å². The fourth-order valence-electron chi connectivity index (χ4n) is 1.04. The maximum atomic E-state index is 5.48. The van der Waals surface area contributed by atoms with Crippen LogP contribution in [-0.2, 0) is 13.0 Å². The molecule has 0 saturated heterocycles. The number of hydrogen-bond acceptors (Lipinski definition) is 3. The number of aromatic nitrogens is 1. The lowest BCUT2D eigenvalue weighted by Gasteiger charge is -2.03. The molecular formula is C8H13N3. The molecule has 3 heteroatoms. The quantitative estimate of drug-likeness (QED) is 0.641. The van der Waals surface area contributed by atoms with Crippen molar-refractivity contribution in [2.24, 2.45) is 11.5 Å². The first kappa shape index (κ1) is 8.17. The van der Waals surface area contributed by atoms with Crippen LogP contribution in [0.15, 0.2) is 18.3 Å². The van der Waals surface area contributed by atoms with Gasteiger partial charge in [-0.1, -0.05) is 6.07 Å². The molecule has 1 aromatic rings. The first-order valence-electron chi connectivity index (χ1n) is 3.71. The summed E-state index contributed by atoms with van der Waals surface area (Å²) in [7, 11) is 0. The molecule has 1 heterocycles. The van der Waals surface area contributed by atoms with Gasteiger partial charge in [0.05, 0.1) is 5.69 Å². The fraction of sp³-hybridized carbons (Fsp3) is 0.375. The van der Waals surface area contributed by atoms with Gasteiger partial charge in [-0.25, -0.2) is 0 Å². The Balaban J connectivity index is 2.83. The molecule has 0 atom stereocenters. The van der Waals surface area contributed by atoms with Crippen LogP contribution in [0.3, 0.4) is 0 Å². The third kappa shape index (κ3) is 2.00. The van der Waals surface area contributed by atoms with Crippen molar-refractivity contribution in [1.29, 1.82) is 0 Å². The molecule has 0 bridgehead atoms. The Labute approximate surface area is 66.4 Å². The molecule has 60 valence electrons. The topological polar surface area (TPSA) is 64.9 Å². The molecule has 0 aliphatic heterocycles. The maximum absolute atomic E-state index is 5.48. The summed E-state index contributed by atoms with van der Waals surface area (Å²) in [6, 6.07) is 3.92. The third-order valence-electron chi connectivity index (χ3n) is 1.59. The molecule has 11 heavy (non-hydrogen) atoms. The zero-order valence-electron chi connectivity index (χ0n) is 6.46. The Kier molecular flexibility index (Phi) is 3.01. The second-order valence-corrected chi connectivity index (χ2v) is 2.35. The van der Waals surface area contributed by atoms with E-state index in [1.165, 1.54) is 0 Å². The van der Waals surface area contributed by atoms with Crippen LogP contribution in [-0.4, -0.2) is 11.5 Å². The van der Waals surface area contributed by atoms with Crippen LogP contribution in [0.5, 0.6) is 0 Å². The summed E-state index contributed by atoms with van der Waals surface area (Å²) in [6.45, 7) is 1.15. The Bertz CT molecular complexity index is 222. The first-order chi connectivity index (χ1) is 5.38. The summed E-state index contributed by atoms with van der Waals surface area (Å²) in [5.74, 6) is 0. The van der Waals surface area contributed by atoms with E-state index >= 15 is 0 Å². The minimum Gasteiger partial charge on any atom is -0.330 e. The normalized spacial score (nSPS) is 10.0. The summed E-state index contributed by atoms with van der Waals surface area (Å²) in [5, 5.41) is 0. The number of pyridine rings is 1. The SMILES string of the molecule is NCCc1cccnc1CN. The van der Waals surface area contributed by atoms with Gasteiger partial charge in [0.2, 0.25) is 0 Å². The molecule has 0 amide bonds. The molecular weight excluding hydrogens is 138 g/mol. The minimum atomic E-state index is 0.496. The Morgan fingerprint density at radius 2 is 2.18 bits per heavy atom. The molecule has 0 aliphatic rings. The lowest BCUT2D eigenvalue weighted by atomic mass is 10.1. The Hall–Kier alpha value is -0.930. The molecule has 0 radical (unpaired) electrons. The van der Waals surface area contributed by atoms with Gasteiger partial charge in [0, 0.05) is 12.7 Å². The predicted molar refractivity (Wildman–Crippen MR) is 44.9 cm³/mol. The minimum absolute atomic E-state index is 0.496. The van der Waals surface area contributed by atoms with E-state index < -0.39 is 0 Å². The summed E-state index contributed by atoms with van der Waals surface area (Å²) in [6.07, 6.45) is 2.61. The zero-order valence-corrected chi connectivity index (χ0v) is 6.46. The van der Waals surface area contributed by atoms with E-state index in [0.29, 0.717) is 13.1 Å². The lowest BCUT2D eigenvalue weighted by molar-refractivity contribution is 0.893. The molecule has 3 nitrogen and oxygen atoms in total. The number of rotatable bonds is 3. The molecule has 1 aromatic heterocycles.